The van der Waals surface area contributed by atoms with Crippen LogP contribution in [-0.4, -0.2) is 46.0 Å². The van der Waals surface area contributed by atoms with Gasteiger partial charge in [0.1, 0.15) is 5.65 Å². The van der Waals surface area contributed by atoms with E-state index in [1.54, 1.807) is 40.0 Å². The van der Waals surface area contributed by atoms with Gasteiger partial charge in [-0.3, -0.25) is 9.79 Å². The summed E-state index contributed by atoms with van der Waals surface area (Å²) in [5.41, 5.74) is 8.51. The second-order valence-corrected chi connectivity index (χ2v) is 6.89. The van der Waals surface area contributed by atoms with E-state index in [9.17, 15) is 18.0 Å². The fraction of sp³-hybridized carbons (Fsp3) is 0.190. The molecule has 0 saturated heterocycles. The van der Waals surface area contributed by atoms with Gasteiger partial charge < -0.3 is 15.0 Å². The van der Waals surface area contributed by atoms with Gasteiger partial charge in [-0.05, 0) is 30.7 Å². The number of amides is 1. The first-order valence-electron chi connectivity index (χ1n) is 9.21. The third-order valence-electron chi connectivity index (χ3n) is 5.08. The molecule has 0 atom stereocenters. The van der Waals surface area contributed by atoms with Crippen molar-refractivity contribution in [2.75, 3.05) is 20.1 Å². The molecular weight excluding hydrogens is 395 g/mol. The number of hydrogen-bond donors (Lipinski definition) is 1. The highest BCUT2D eigenvalue weighted by Crippen LogP contribution is 2.24. The largest absolute Gasteiger partial charge is 0.400 e. The molecule has 0 bridgehead atoms. The predicted molar refractivity (Wildman–Crippen MR) is 106 cm³/mol. The van der Waals surface area contributed by atoms with E-state index in [0.29, 0.717) is 35.4 Å². The number of carbonyl (C=O) groups excluding carboxylic acids is 1. The van der Waals surface area contributed by atoms with Gasteiger partial charge in [0.05, 0.1) is 17.8 Å². The molecule has 0 fully saturated rings. The fourth-order valence-electron chi connectivity index (χ4n) is 3.65. The summed E-state index contributed by atoms with van der Waals surface area (Å²) >= 11 is 0. The van der Waals surface area contributed by atoms with E-state index in [1.165, 1.54) is 7.05 Å². The number of benzene rings is 1. The third kappa shape index (κ3) is 3.32. The molecule has 0 unspecified atom stereocenters. The van der Waals surface area contributed by atoms with Crippen molar-refractivity contribution < 1.29 is 18.0 Å². The minimum Gasteiger partial charge on any atom is -0.400 e. The molecule has 154 valence electrons. The quantitative estimate of drug-likeness (QED) is 0.530. The lowest BCUT2D eigenvalue weighted by molar-refractivity contribution is 0.0765. The molecule has 3 aromatic rings. The van der Waals surface area contributed by atoms with Crippen LogP contribution in [0.4, 0.5) is 13.2 Å². The van der Waals surface area contributed by atoms with Crippen LogP contribution in [0, 0.1) is 17.5 Å². The van der Waals surface area contributed by atoms with Crippen molar-refractivity contribution in [2.45, 2.75) is 6.42 Å². The van der Waals surface area contributed by atoms with Gasteiger partial charge in [0.15, 0.2) is 17.5 Å². The highest BCUT2D eigenvalue weighted by atomic mass is 19.2. The molecule has 2 aromatic heterocycles. The maximum absolute atomic E-state index is 13.7. The molecule has 3 heterocycles. The second-order valence-electron chi connectivity index (χ2n) is 6.89. The molecule has 2 N–H and O–H groups in total. The number of imidazole rings is 1. The highest BCUT2D eigenvalue weighted by molar-refractivity contribution is 6.13. The van der Waals surface area contributed by atoms with Crippen LogP contribution in [-0.2, 0) is 0 Å². The number of aliphatic imine (C=N–C) groups is 1. The molecule has 6 nitrogen and oxygen atoms in total. The Morgan fingerprint density at radius 2 is 1.93 bits per heavy atom. The molecule has 1 amide bonds. The molecule has 1 aromatic carbocycles. The normalized spacial score (nSPS) is 15.2. The number of pyridine rings is 1. The molecule has 4 rings (SSSR count). The lowest BCUT2D eigenvalue weighted by atomic mass is 9.94. The number of carbonyl (C=O) groups is 1. The second kappa shape index (κ2) is 7.66. The first-order chi connectivity index (χ1) is 14.4. The van der Waals surface area contributed by atoms with Gasteiger partial charge in [-0.25, -0.2) is 18.2 Å². The number of hydrogen-bond acceptors (Lipinski definition) is 4. The Morgan fingerprint density at radius 1 is 1.20 bits per heavy atom. The Morgan fingerprint density at radius 3 is 2.60 bits per heavy atom. The Kier molecular flexibility index (Phi) is 5.03. The van der Waals surface area contributed by atoms with Gasteiger partial charge in [0.25, 0.3) is 5.91 Å². The van der Waals surface area contributed by atoms with Crippen LogP contribution in [0.2, 0.25) is 0 Å². The molecule has 1 aliphatic rings. The summed E-state index contributed by atoms with van der Waals surface area (Å²) in [5.74, 6) is -4.36. The van der Waals surface area contributed by atoms with Crippen molar-refractivity contribution in [2.24, 2.45) is 10.7 Å². The zero-order valence-corrected chi connectivity index (χ0v) is 16.1. The fourth-order valence-corrected chi connectivity index (χ4v) is 3.65. The van der Waals surface area contributed by atoms with Crippen LogP contribution < -0.4 is 5.73 Å². The molecule has 0 spiro atoms. The summed E-state index contributed by atoms with van der Waals surface area (Å²) in [6.45, 7) is 0.461. The summed E-state index contributed by atoms with van der Waals surface area (Å²) in [7, 11) is 1.46. The summed E-state index contributed by atoms with van der Waals surface area (Å²) in [6.07, 6.45) is 5.49. The molecule has 9 heteroatoms. The maximum Gasteiger partial charge on any atom is 0.257 e. The van der Waals surface area contributed by atoms with Crippen molar-refractivity contribution in [1.29, 1.82) is 0 Å². The van der Waals surface area contributed by atoms with Gasteiger partial charge in [0.2, 0.25) is 0 Å². The third-order valence-corrected chi connectivity index (χ3v) is 5.08. The van der Waals surface area contributed by atoms with E-state index in [0.717, 1.165) is 12.1 Å². The molecule has 0 radical (unpaired) electrons. The lowest BCUT2D eigenvalue weighted by Crippen LogP contribution is -2.40. The van der Waals surface area contributed by atoms with Crippen LogP contribution in [0.3, 0.4) is 0 Å². The number of nitrogens with two attached hydrogens (primary N) is 1. The maximum atomic E-state index is 13.7. The molecular formula is C21H18F3N5O. The average molecular weight is 413 g/mol. The van der Waals surface area contributed by atoms with E-state index in [1.807, 2.05) is 0 Å². The smallest absolute Gasteiger partial charge is 0.257 e. The van der Waals surface area contributed by atoms with Crippen molar-refractivity contribution in [3.05, 3.63) is 82.7 Å². The minimum atomic E-state index is -1.54. The summed E-state index contributed by atoms with van der Waals surface area (Å²) in [6, 6.07) is 5.23. The number of aromatic nitrogens is 2. The van der Waals surface area contributed by atoms with E-state index in [-0.39, 0.29) is 23.7 Å². The molecule has 1 aliphatic heterocycles. The molecule has 30 heavy (non-hydrogen) atoms. The topological polar surface area (TPSA) is 76.0 Å². The van der Waals surface area contributed by atoms with Gasteiger partial charge in [-0.1, -0.05) is 0 Å². The first-order valence-corrected chi connectivity index (χ1v) is 9.21. The zero-order chi connectivity index (χ0) is 21.4. The van der Waals surface area contributed by atoms with E-state index in [2.05, 4.69) is 9.98 Å². The SMILES string of the molecule is CN=C(C1=C(N)CN(C(=O)c2cccn3ccnc23)CC1)c1cc(F)c(F)c(F)c1. The Labute approximate surface area is 170 Å². The number of halogens is 3. The van der Waals surface area contributed by atoms with Gasteiger partial charge in [0, 0.05) is 49.0 Å². The number of fused-ring (bicyclic) bond motifs is 1. The number of nitrogens with zero attached hydrogens (tertiary/aromatic N) is 4. The van der Waals surface area contributed by atoms with E-state index in [4.69, 9.17) is 5.73 Å². The van der Waals surface area contributed by atoms with Crippen molar-refractivity contribution in [3.8, 4) is 0 Å². The lowest BCUT2D eigenvalue weighted by Gasteiger charge is -2.30. The molecule has 0 saturated carbocycles. The van der Waals surface area contributed by atoms with Crippen LogP contribution in [0.25, 0.3) is 5.65 Å². The summed E-state index contributed by atoms with van der Waals surface area (Å²) < 4.78 is 42.4. The predicted octanol–water partition coefficient (Wildman–Crippen LogP) is 2.93. The average Bonchev–Trinajstić information content (AvgIpc) is 3.22. The van der Waals surface area contributed by atoms with Crippen LogP contribution in [0.5, 0.6) is 0 Å². The van der Waals surface area contributed by atoms with Crippen molar-refractivity contribution in [3.63, 3.8) is 0 Å². The Bertz CT molecular complexity index is 1190. The molecule has 0 aliphatic carbocycles. The zero-order valence-electron chi connectivity index (χ0n) is 16.1. The van der Waals surface area contributed by atoms with E-state index >= 15 is 0 Å². The monoisotopic (exact) mass is 413 g/mol. The van der Waals surface area contributed by atoms with Gasteiger partial charge >= 0.3 is 0 Å². The summed E-state index contributed by atoms with van der Waals surface area (Å²) in [4.78, 5) is 22.9. The van der Waals surface area contributed by atoms with Gasteiger partial charge in [-0.15, -0.1) is 0 Å². The number of rotatable bonds is 3. The minimum absolute atomic E-state index is 0.0915. The van der Waals surface area contributed by atoms with E-state index < -0.39 is 17.5 Å². The van der Waals surface area contributed by atoms with Crippen LogP contribution in [0.1, 0.15) is 22.3 Å². The standard InChI is InChI=1S/C21H18F3N5O/c1-26-19(12-9-15(22)18(24)16(23)10-12)13-4-7-29(11-17(13)25)21(30)14-3-2-6-28-8-5-27-20(14)28/h2-3,5-6,8-10H,4,7,11,25H2,1H3. The highest BCUT2D eigenvalue weighted by Gasteiger charge is 2.27. The van der Waals surface area contributed by atoms with Crippen LogP contribution >= 0.6 is 0 Å². The van der Waals surface area contributed by atoms with Gasteiger partial charge in [-0.2, -0.15) is 0 Å². The summed E-state index contributed by atoms with van der Waals surface area (Å²) in [5, 5.41) is 0. The van der Waals surface area contributed by atoms with Crippen LogP contribution in [0.15, 0.2) is 59.1 Å². The van der Waals surface area contributed by atoms with Crippen molar-refractivity contribution >= 4 is 17.3 Å². The Balaban J connectivity index is 1.63. The van der Waals surface area contributed by atoms with Crippen molar-refractivity contribution in [1.82, 2.24) is 14.3 Å². The first kappa shape index (κ1) is 19.7. The Hall–Kier alpha value is -3.62.